The van der Waals surface area contributed by atoms with Crippen LogP contribution >= 0.6 is 11.8 Å². The van der Waals surface area contributed by atoms with E-state index in [2.05, 4.69) is 41.2 Å². The zero-order chi connectivity index (χ0) is 12.4. The Morgan fingerprint density at radius 2 is 1.89 bits per heavy atom. The fourth-order valence-corrected chi connectivity index (χ4v) is 2.97. The van der Waals surface area contributed by atoms with Crippen molar-refractivity contribution in [1.82, 2.24) is 9.97 Å². The third-order valence-corrected chi connectivity index (χ3v) is 4.18. The molecular weight excluding hydrogens is 240 g/mol. The van der Waals surface area contributed by atoms with Crippen LogP contribution in [0.4, 0.5) is 0 Å². The van der Waals surface area contributed by atoms with Gasteiger partial charge in [-0.2, -0.15) is 0 Å². The second-order valence-corrected chi connectivity index (χ2v) is 5.33. The molecule has 90 valence electrons. The van der Waals surface area contributed by atoms with Crippen LogP contribution in [-0.2, 0) is 0 Å². The molecule has 0 spiro atoms. The number of thioether (sulfide) groups is 1. The maximum atomic E-state index is 4.50. The van der Waals surface area contributed by atoms with Crippen molar-refractivity contribution < 1.29 is 0 Å². The van der Waals surface area contributed by atoms with Gasteiger partial charge < -0.3 is 0 Å². The second-order valence-electron chi connectivity index (χ2n) is 4.19. The number of aromatic nitrogens is 2. The van der Waals surface area contributed by atoms with E-state index in [0.717, 1.165) is 22.2 Å². The van der Waals surface area contributed by atoms with Crippen molar-refractivity contribution in [1.29, 1.82) is 0 Å². The highest BCUT2D eigenvalue weighted by atomic mass is 32.2. The minimum absolute atomic E-state index is 0.994. The molecule has 0 saturated heterocycles. The number of rotatable bonds is 3. The van der Waals surface area contributed by atoms with Gasteiger partial charge in [0.05, 0.1) is 11.0 Å². The Hall–Kier alpha value is -1.61. The minimum atomic E-state index is 0.994. The number of nitrogens with zero attached hydrogens (tertiary/aromatic N) is 2. The van der Waals surface area contributed by atoms with Crippen molar-refractivity contribution in [3.8, 4) is 0 Å². The van der Waals surface area contributed by atoms with Gasteiger partial charge >= 0.3 is 0 Å². The summed E-state index contributed by atoms with van der Waals surface area (Å²) in [6.45, 7) is 2.20. The predicted molar refractivity (Wildman–Crippen MR) is 78.1 cm³/mol. The van der Waals surface area contributed by atoms with E-state index in [1.54, 1.807) is 0 Å². The molecule has 3 aromatic rings. The highest BCUT2D eigenvalue weighted by Crippen LogP contribution is 2.30. The van der Waals surface area contributed by atoms with Crippen LogP contribution in [0.1, 0.15) is 13.3 Å². The number of hydrogen-bond acceptors (Lipinski definition) is 3. The second kappa shape index (κ2) is 4.94. The summed E-state index contributed by atoms with van der Waals surface area (Å²) in [6.07, 6.45) is 4.89. The summed E-state index contributed by atoms with van der Waals surface area (Å²) in [5, 5.41) is 2.36. The molecule has 0 bridgehead atoms. The Balaban J connectivity index is 2.26. The van der Waals surface area contributed by atoms with Crippen LogP contribution < -0.4 is 0 Å². The van der Waals surface area contributed by atoms with E-state index in [9.17, 15) is 0 Å². The highest BCUT2D eigenvalue weighted by molar-refractivity contribution is 7.99. The molecule has 0 aliphatic carbocycles. The molecule has 0 atom stereocenters. The standard InChI is InChI=1S/C15H14N2S/c1-2-10-18-13-7-9-17-15-12(13)6-5-11-4-3-8-16-14(11)15/h3-9H,2,10H2,1H3. The summed E-state index contributed by atoms with van der Waals surface area (Å²) in [7, 11) is 0. The van der Waals surface area contributed by atoms with Gasteiger partial charge in [-0.25, -0.2) is 0 Å². The molecule has 2 aromatic heterocycles. The largest absolute Gasteiger partial charge is 0.254 e. The molecule has 18 heavy (non-hydrogen) atoms. The maximum absolute atomic E-state index is 4.50. The molecule has 2 nitrogen and oxygen atoms in total. The Morgan fingerprint density at radius 1 is 1.00 bits per heavy atom. The lowest BCUT2D eigenvalue weighted by Gasteiger charge is -2.06. The lowest BCUT2D eigenvalue weighted by molar-refractivity contribution is 1.10. The first-order valence-electron chi connectivity index (χ1n) is 6.15. The molecule has 0 fully saturated rings. The molecule has 2 heterocycles. The average Bonchev–Trinajstić information content (AvgIpc) is 2.44. The van der Waals surface area contributed by atoms with Gasteiger partial charge in [-0.05, 0) is 24.3 Å². The van der Waals surface area contributed by atoms with Crippen LogP contribution in [-0.4, -0.2) is 15.7 Å². The lowest BCUT2D eigenvalue weighted by atomic mass is 10.1. The van der Waals surface area contributed by atoms with Crippen molar-refractivity contribution >= 4 is 33.6 Å². The van der Waals surface area contributed by atoms with Crippen molar-refractivity contribution in [3.05, 3.63) is 42.7 Å². The van der Waals surface area contributed by atoms with Crippen LogP contribution in [0.5, 0.6) is 0 Å². The summed E-state index contributed by atoms with van der Waals surface area (Å²) >= 11 is 1.89. The van der Waals surface area contributed by atoms with E-state index in [-0.39, 0.29) is 0 Å². The third-order valence-electron chi connectivity index (χ3n) is 2.90. The van der Waals surface area contributed by atoms with E-state index >= 15 is 0 Å². The molecule has 0 N–H and O–H groups in total. The van der Waals surface area contributed by atoms with Crippen LogP contribution in [0.25, 0.3) is 21.8 Å². The fraction of sp³-hybridized carbons (Fsp3) is 0.200. The van der Waals surface area contributed by atoms with Gasteiger partial charge in [0.2, 0.25) is 0 Å². The predicted octanol–water partition coefficient (Wildman–Crippen LogP) is 4.29. The Bertz CT molecular complexity index is 694. The average molecular weight is 254 g/mol. The molecule has 0 saturated carbocycles. The van der Waals surface area contributed by atoms with Gasteiger partial charge in [-0.15, -0.1) is 11.8 Å². The van der Waals surface area contributed by atoms with Gasteiger partial charge in [0.25, 0.3) is 0 Å². The summed E-state index contributed by atoms with van der Waals surface area (Å²) in [5.74, 6) is 1.14. The Kier molecular flexibility index (Phi) is 3.15. The maximum Gasteiger partial charge on any atom is 0.0975 e. The van der Waals surface area contributed by atoms with E-state index in [0.29, 0.717) is 0 Å². The molecule has 0 aliphatic rings. The summed E-state index contributed by atoms with van der Waals surface area (Å²) < 4.78 is 0. The van der Waals surface area contributed by atoms with Crippen LogP contribution in [0, 0.1) is 0 Å². The number of benzene rings is 1. The Labute approximate surface area is 110 Å². The fourth-order valence-electron chi connectivity index (χ4n) is 2.07. The number of fused-ring (bicyclic) bond motifs is 3. The van der Waals surface area contributed by atoms with Crippen LogP contribution in [0.3, 0.4) is 0 Å². The number of hydrogen-bond donors (Lipinski definition) is 0. The first-order chi connectivity index (χ1) is 8.90. The van der Waals surface area contributed by atoms with Gasteiger partial charge in [0.15, 0.2) is 0 Å². The molecule has 0 amide bonds. The monoisotopic (exact) mass is 254 g/mol. The molecule has 3 rings (SSSR count). The SMILES string of the molecule is CCCSc1ccnc2c1ccc1cccnc12. The summed E-state index contributed by atoms with van der Waals surface area (Å²) in [5.41, 5.74) is 2.00. The molecule has 0 unspecified atom stereocenters. The molecule has 3 heteroatoms. The van der Waals surface area contributed by atoms with Crippen molar-refractivity contribution in [2.24, 2.45) is 0 Å². The van der Waals surface area contributed by atoms with E-state index in [1.165, 1.54) is 16.7 Å². The van der Waals surface area contributed by atoms with Gasteiger partial charge in [0, 0.05) is 28.1 Å². The summed E-state index contributed by atoms with van der Waals surface area (Å²) in [6, 6.07) is 10.4. The quantitative estimate of drug-likeness (QED) is 0.515. The van der Waals surface area contributed by atoms with Crippen molar-refractivity contribution in [2.45, 2.75) is 18.2 Å². The minimum Gasteiger partial charge on any atom is -0.254 e. The van der Waals surface area contributed by atoms with Gasteiger partial charge in [-0.3, -0.25) is 9.97 Å². The topological polar surface area (TPSA) is 25.8 Å². The molecular formula is C15H14N2S. The first kappa shape index (κ1) is 11.5. The van der Waals surface area contributed by atoms with Crippen molar-refractivity contribution in [2.75, 3.05) is 5.75 Å². The van der Waals surface area contributed by atoms with Gasteiger partial charge in [-0.1, -0.05) is 25.1 Å². The highest BCUT2D eigenvalue weighted by Gasteiger charge is 2.06. The molecule has 0 aliphatic heterocycles. The van der Waals surface area contributed by atoms with Gasteiger partial charge in [0.1, 0.15) is 0 Å². The van der Waals surface area contributed by atoms with E-state index in [1.807, 2.05) is 30.2 Å². The zero-order valence-corrected chi connectivity index (χ0v) is 11.1. The first-order valence-corrected chi connectivity index (χ1v) is 7.14. The normalized spacial score (nSPS) is 11.2. The van der Waals surface area contributed by atoms with E-state index in [4.69, 9.17) is 0 Å². The number of pyridine rings is 2. The summed E-state index contributed by atoms with van der Waals surface area (Å²) in [4.78, 5) is 10.3. The molecule has 0 radical (unpaired) electrons. The van der Waals surface area contributed by atoms with Crippen LogP contribution in [0.2, 0.25) is 0 Å². The van der Waals surface area contributed by atoms with Crippen LogP contribution in [0.15, 0.2) is 47.6 Å². The zero-order valence-electron chi connectivity index (χ0n) is 10.3. The Morgan fingerprint density at radius 3 is 2.78 bits per heavy atom. The smallest absolute Gasteiger partial charge is 0.0975 e. The third kappa shape index (κ3) is 1.95. The lowest BCUT2D eigenvalue weighted by Crippen LogP contribution is -1.87. The van der Waals surface area contributed by atoms with Crippen molar-refractivity contribution in [3.63, 3.8) is 0 Å². The molecule has 1 aromatic carbocycles. The van der Waals surface area contributed by atoms with E-state index < -0.39 is 0 Å².